The monoisotopic (exact) mass is 230 g/mol. The maximum absolute atomic E-state index is 5.61. The summed E-state index contributed by atoms with van der Waals surface area (Å²) in [6, 6.07) is 8.54. The lowest BCUT2D eigenvalue weighted by Crippen LogP contribution is -2.22. The fourth-order valence-corrected chi connectivity index (χ4v) is 1.89. The van der Waals surface area contributed by atoms with Crippen molar-refractivity contribution < 1.29 is 4.42 Å². The molecule has 3 heteroatoms. The van der Waals surface area contributed by atoms with Crippen LogP contribution >= 0.6 is 0 Å². The zero-order valence-electron chi connectivity index (χ0n) is 10.5. The third-order valence-corrected chi connectivity index (χ3v) is 2.89. The topological polar surface area (TPSA) is 38.1 Å². The first-order chi connectivity index (χ1) is 8.16. The van der Waals surface area contributed by atoms with Crippen molar-refractivity contribution in [2.75, 3.05) is 0 Å². The number of rotatable bonds is 4. The van der Waals surface area contributed by atoms with E-state index in [2.05, 4.69) is 24.1 Å². The van der Waals surface area contributed by atoms with Gasteiger partial charge in [-0.1, -0.05) is 0 Å². The highest BCUT2D eigenvalue weighted by Crippen LogP contribution is 2.20. The summed E-state index contributed by atoms with van der Waals surface area (Å²) in [5.41, 5.74) is 1.23. The highest BCUT2D eigenvalue weighted by atomic mass is 16.3. The largest absolute Gasteiger partial charge is 0.465 e. The molecule has 0 spiro atoms. The molecule has 0 bridgehead atoms. The highest BCUT2D eigenvalue weighted by molar-refractivity contribution is 5.15. The minimum absolute atomic E-state index is 0.201. The van der Waals surface area contributed by atoms with Crippen molar-refractivity contribution in [3.63, 3.8) is 0 Å². The maximum atomic E-state index is 5.61. The lowest BCUT2D eigenvalue weighted by molar-refractivity contribution is 0.392. The van der Waals surface area contributed by atoms with Crippen LogP contribution in [0.5, 0.6) is 0 Å². The van der Waals surface area contributed by atoms with Crippen LogP contribution in [0.2, 0.25) is 0 Å². The standard InChI is InChI=1S/C14H18N2O/c1-10-4-5-14(17-10)12(3)16-11(2)13-6-8-15-9-7-13/h4-9,11-12,16H,1-3H3. The summed E-state index contributed by atoms with van der Waals surface area (Å²) in [7, 11) is 0. The van der Waals surface area contributed by atoms with Gasteiger partial charge in [0.25, 0.3) is 0 Å². The predicted octanol–water partition coefficient (Wildman–Crippen LogP) is 3.39. The summed E-state index contributed by atoms with van der Waals surface area (Å²) < 4.78 is 5.61. The van der Waals surface area contributed by atoms with Crippen LogP contribution < -0.4 is 5.32 Å². The van der Waals surface area contributed by atoms with E-state index in [1.54, 1.807) is 0 Å². The van der Waals surface area contributed by atoms with Crippen LogP contribution in [-0.2, 0) is 0 Å². The van der Waals surface area contributed by atoms with Crippen LogP contribution in [0, 0.1) is 6.92 Å². The Hall–Kier alpha value is -1.61. The molecule has 0 aromatic carbocycles. The SMILES string of the molecule is Cc1ccc(C(C)NC(C)c2ccncc2)o1. The van der Waals surface area contributed by atoms with E-state index in [9.17, 15) is 0 Å². The molecule has 2 aromatic heterocycles. The summed E-state index contributed by atoms with van der Waals surface area (Å²) in [4.78, 5) is 4.02. The zero-order valence-corrected chi connectivity index (χ0v) is 10.5. The van der Waals surface area contributed by atoms with Crippen LogP contribution in [0.3, 0.4) is 0 Å². The van der Waals surface area contributed by atoms with Crippen LogP contribution in [0.4, 0.5) is 0 Å². The first-order valence-corrected chi connectivity index (χ1v) is 5.89. The first-order valence-electron chi connectivity index (χ1n) is 5.89. The molecule has 0 aliphatic carbocycles. The van der Waals surface area contributed by atoms with Gasteiger partial charge in [0.2, 0.25) is 0 Å². The highest BCUT2D eigenvalue weighted by Gasteiger charge is 2.13. The molecule has 2 heterocycles. The van der Waals surface area contributed by atoms with Gasteiger partial charge >= 0.3 is 0 Å². The van der Waals surface area contributed by atoms with Gasteiger partial charge in [-0.05, 0) is 50.6 Å². The molecule has 2 aromatic rings. The molecule has 2 atom stereocenters. The van der Waals surface area contributed by atoms with E-state index < -0.39 is 0 Å². The van der Waals surface area contributed by atoms with Crippen molar-refractivity contribution in [2.45, 2.75) is 32.9 Å². The number of hydrogen-bond donors (Lipinski definition) is 1. The predicted molar refractivity (Wildman–Crippen MR) is 67.6 cm³/mol. The molecule has 0 saturated heterocycles. The van der Waals surface area contributed by atoms with Crippen LogP contribution in [0.25, 0.3) is 0 Å². The average Bonchev–Trinajstić information content (AvgIpc) is 2.77. The number of pyridine rings is 1. The molecule has 1 N–H and O–H groups in total. The van der Waals surface area contributed by atoms with Crippen LogP contribution in [0.15, 0.2) is 41.1 Å². The second-order valence-electron chi connectivity index (χ2n) is 4.34. The molecule has 0 amide bonds. The van der Waals surface area contributed by atoms with Crippen molar-refractivity contribution in [3.05, 3.63) is 53.7 Å². The molecule has 17 heavy (non-hydrogen) atoms. The van der Waals surface area contributed by atoms with Crippen molar-refractivity contribution in [1.29, 1.82) is 0 Å². The van der Waals surface area contributed by atoms with Gasteiger partial charge in [-0.15, -0.1) is 0 Å². The minimum atomic E-state index is 0.201. The van der Waals surface area contributed by atoms with Gasteiger partial charge in [0, 0.05) is 18.4 Å². The smallest absolute Gasteiger partial charge is 0.120 e. The van der Waals surface area contributed by atoms with Crippen molar-refractivity contribution in [1.82, 2.24) is 10.3 Å². The Labute approximate surface area is 102 Å². The molecule has 0 aliphatic heterocycles. The Morgan fingerprint density at radius 1 is 1.06 bits per heavy atom. The van der Waals surface area contributed by atoms with E-state index >= 15 is 0 Å². The minimum Gasteiger partial charge on any atom is -0.465 e. The van der Waals surface area contributed by atoms with Crippen molar-refractivity contribution in [2.24, 2.45) is 0 Å². The molecule has 2 unspecified atom stereocenters. The first kappa shape index (κ1) is 11.9. The molecule has 0 fully saturated rings. The molecular formula is C14H18N2O. The van der Waals surface area contributed by atoms with Gasteiger partial charge < -0.3 is 9.73 Å². The van der Waals surface area contributed by atoms with Gasteiger partial charge in [-0.3, -0.25) is 4.98 Å². The van der Waals surface area contributed by atoms with E-state index in [0.717, 1.165) is 11.5 Å². The van der Waals surface area contributed by atoms with Crippen molar-refractivity contribution in [3.8, 4) is 0 Å². The summed E-state index contributed by atoms with van der Waals surface area (Å²) in [6.45, 7) is 6.21. The Kier molecular flexibility index (Phi) is 3.59. The maximum Gasteiger partial charge on any atom is 0.120 e. The molecule has 3 nitrogen and oxygen atoms in total. The second-order valence-corrected chi connectivity index (χ2v) is 4.34. The average molecular weight is 230 g/mol. The number of nitrogens with zero attached hydrogens (tertiary/aromatic N) is 1. The van der Waals surface area contributed by atoms with Gasteiger partial charge in [0.15, 0.2) is 0 Å². The number of nitrogens with one attached hydrogen (secondary N) is 1. The molecule has 0 aliphatic rings. The molecular weight excluding hydrogens is 212 g/mol. The van der Waals surface area contributed by atoms with E-state index in [0.29, 0.717) is 0 Å². The summed E-state index contributed by atoms with van der Waals surface area (Å²) in [5, 5.41) is 3.50. The quantitative estimate of drug-likeness (QED) is 0.874. The van der Waals surface area contributed by atoms with Gasteiger partial charge in [0.1, 0.15) is 11.5 Å². The van der Waals surface area contributed by atoms with Gasteiger partial charge in [-0.25, -0.2) is 0 Å². The number of furan rings is 1. The van der Waals surface area contributed by atoms with Crippen LogP contribution in [-0.4, -0.2) is 4.98 Å². The fourth-order valence-electron chi connectivity index (χ4n) is 1.89. The molecule has 2 rings (SSSR count). The molecule has 90 valence electrons. The summed E-state index contributed by atoms with van der Waals surface area (Å²) >= 11 is 0. The number of aryl methyl sites for hydroxylation is 1. The molecule has 0 radical (unpaired) electrons. The Morgan fingerprint density at radius 2 is 1.76 bits per heavy atom. The zero-order chi connectivity index (χ0) is 12.3. The summed E-state index contributed by atoms with van der Waals surface area (Å²) in [6.07, 6.45) is 3.63. The van der Waals surface area contributed by atoms with E-state index in [1.165, 1.54) is 5.56 Å². The Balaban J connectivity index is 2.02. The fraction of sp³-hybridized carbons (Fsp3) is 0.357. The third kappa shape index (κ3) is 2.94. The van der Waals surface area contributed by atoms with Gasteiger partial charge in [0.05, 0.1) is 6.04 Å². The van der Waals surface area contributed by atoms with Crippen LogP contribution in [0.1, 0.15) is 43.0 Å². The third-order valence-electron chi connectivity index (χ3n) is 2.89. The number of aromatic nitrogens is 1. The lowest BCUT2D eigenvalue weighted by atomic mass is 10.1. The van der Waals surface area contributed by atoms with E-state index in [-0.39, 0.29) is 12.1 Å². The van der Waals surface area contributed by atoms with E-state index in [1.807, 2.05) is 43.6 Å². The van der Waals surface area contributed by atoms with Gasteiger partial charge in [-0.2, -0.15) is 0 Å². The lowest BCUT2D eigenvalue weighted by Gasteiger charge is -2.18. The normalized spacial score (nSPS) is 14.5. The van der Waals surface area contributed by atoms with Crippen molar-refractivity contribution >= 4 is 0 Å². The summed E-state index contributed by atoms with van der Waals surface area (Å²) in [5.74, 6) is 1.92. The number of hydrogen-bond acceptors (Lipinski definition) is 3. The Morgan fingerprint density at radius 3 is 2.35 bits per heavy atom. The van der Waals surface area contributed by atoms with E-state index in [4.69, 9.17) is 4.42 Å². The Bertz CT molecular complexity index is 464. The second kappa shape index (κ2) is 5.15. The molecule has 0 saturated carbocycles.